The number of hydrogen-bond acceptors (Lipinski definition) is 7. The van der Waals surface area contributed by atoms with Crippen LogP contribution in [0, 0.1) is 12.8 Å². The molecular weight excluding hydrogens is 410 g/mol. The van der Waals surface area contributed by atoms with Crippen molar-refractivity contribution in [2.45, 2.75) is 45.4 Å². The molecule has 2 aromatic heterocycles. The van der Waals surface area contributed by atoms with Crippen LogP contribution in [0.3, 0.4) is 0 Å². The van der Waals surface area contributed by atoms with Gasteiger partial charge in [0.1, 0.15) is 11.3 Å². The Bertz CT molecular complexity index is 1060. The van der Waals surface area contributed by atoms with Gasteiger partial charge in [-0.3, -0.25) is 0 Å². The molecule has 0 radical (unpaired) electrons. The molecule has 1 N–H and O–H groups in total. The first-order valence-electron chi connectivity index (χ1n) is 10.9. The molecule has 3 aromatic rings. The van der Waals surface area contributed by atoms with Gasteiger partial charge in [-0.25, -0.2) is 9.78 Å². The lowest BCUT2D eigenvalue weighted by molar-refractivity contribution is -0.139. The summed E-state index contributed by atoms with van der Waals surface area (Å²) >= 11 is 0. The van der Waals surface area contributed by atoms with Crippen molar-refractivity contribution in [1.29, 1.82) is 0 Å². The second kappa shape index (κ2) is 10.3. The van der Waals surface area contributed by atoms with Gasteiger partial charge in [-0.05, 0) is 61.4 Å². The van der Waals surface area contributed by atoms with E-state index < -0.39 is 5.97 Å². The van der Waals surface area contributed by atoms with Crippen molar-refractivity contribution in [3.8, 4) is 23.1 Å². The molecule has 4 rings (SSSR count). The van der Waals surface area contributed by atoms with E-state index in [9.17, 15) is 4.79 Å². The molecule has 0 bridgehead atoms. The Labute approximate surface area is 186 Å². The highest BCUT2D eigenvalue weighted by Gasteiger charge is 2.19. The summed E-state index contributed by atoms with van der Waals surface area (Å²) < 4.78 is 16.8. The number of aryl methyl sites for hydroxylation is 3. The fraction of sp³-hybridized carbons (Fsp3) is 0.417. The Hall–Kier alpha value is -3.42. The number of pyridine rings is 1. The molecule has 1 aromatic carbocycles. The van der Waals surface area contributed by atoms with Crippen LogP contribution in [0.4, 0.5) is 0 Å². The van der Waals surface area contributed by atoms with Gasteiger partial charge in [-0.2, -0.15) is 4.98 Å². The van der Waals surface area contributed by atoms with E-state index in [0.717, 1.165) is 17.5 Å². The van der Waals surface area contributed by atoms with Gasteiger partial charge >= 0.3 is 5.97 Å². The molecule has 8 heteroatoms. The van der Waals surface area contributed by atoms with Crippen LogP contribution in [0.15, 0.2) is 41.1 Å². The minimum atomic E-state index is -0.998. The first-order valence-corrected chi connectivity index (χ1v) is 10.9. The van der Waals surface area contributed by atoms with E-state index in [2.05, 4.69) is 15.1 Å². The summed E-state index contributed by atoms with van der Waals surface area (Å²) in [4.78, 5) is 19.6. The minimum Gasteiger partial charge on any atom is -0.482 e. The minimum absolute atomic E-state index is 0.355. The zero-order valence-corrected chi connectivity index (χ0v) is 18.1. The van der Waals surface area contributed by atoms with E-state index in [1.807, 2.05) is 31.2 Å². The number of rotatable bonds is 10. The summed E-state index contributed by atoms with van der Waals surface area (Å²) in [7, 11) is 0. The first kappa shape index (κ1) is 21.8. The molecule has 1 saturated carbocycles. The van der Waals surface area contributed by atoms with E-state index >= 15 is 0 Å². The highest BCUT2D eigenvalue weighted by molar-refractivity contribution is 5.68. The lowest BCUT2D eigenvalue weighted by Crippen LogP contribution is -2.10. The van der Waals surface area contributed by atoms with Crippen molar-refractivity contribution in [3.63, 3.8) is 0 Å². The molecule has 1 aliphatic rings. The van der Waals surface area contributed by atoms with E-state index in [1.54, 1.807) is 12.3 Å². The SMILES string of the molecule is Cc1cc(CCc2noc(-c3cccnc3OCC3CCCC3)n2)ccc1OCC(=O)O. The van der Waals surface area contributed by atoms with Gasteiger partial charge in [-0.15, -0.1) is 0 Å². The van der Waals surface area contributed by atoms with Gasteiger partial charge in [0, 0.05) is 12.6 Å². The van der Waals surface area contributed by atoms with Gasteiger partial charge in [0.25, 0.3) is 5.89 Å². The number of hydrogen-bond donors (Lipinski definition) is 1. The molecular formula is C24H27N3O5. The molecule has 1 aliphatic carbocycles. The monoisotopic (exact) mass is 437 g/mol. The zero-order valence-electron chi connectivity index (χ0n) is 18.1. The molecule has 1 fully saturated rings. The largest absolute Gasteiger partial charge is 0.482 e. The second-order valence-corrected chi connectivity index (χ2v) is 8.12. The van der Waals surface area contributed by atoms with Crippen molar-refractivity contribution < 1.29 is 23.9 Å². The van der Waals surface area contributed by atoms with Crippen LogP contribution in [-0.4, -0.2) is 39.4 Å². The molecule has 0 aliphatic heterocycles. The van der Waals surface area contributed by atoms with E-state index in [4.69, 9.17) is 19.1 Å². The Balaban J connectivity index is 1.37. The van der Waals surface area contributed by atoms with Crippen molar-refractivity contribution in [1.82, 2.24) is 15.1 Å². The fourth-order valence-corrected chi connectivity index (χ4v) is 3.93. The second-order valence-electron chi connectivity index (χ2n) is 8.12. The summed E-state index contributed by atoms with van der Waals surface area (Å²) in [6.45, 7) is 2.20. The molecule has 168 valence electrons. The summed E-state index contributed by atoms with van der Waals surface area (Å²) in [5.41, 5.74) is 2.68. The average Bonchev–Trinajstić information content (AvgIpc) is 3.48. The first-order chi connectivity index (χ1) is 15.6. The highest BCUT2D eigenvalue weighted by Crippen LogP contribution is 2.29. The molecule has 0 saturated heterocycles. The number of aromatic nitrogens is 3. The van der Waals surface area contributed by atoms with Crippen molar-refractivity contribution in [2.24, 2.45) is 5.92 Å². The molecule has 32 heavy (non-hydrogen) atoms. The van der Waals surface area contributed by atoms with Gasteiger partial charge in [0.2, 0.25) is 5.88 Å². The molecule has 0 spiro atoms. The van der Waals surface area contributed by atoms with Crippen LogP contribution in [0.1, 0.15) is 42.6 Å². The van der Waals surface area contributed by atoms with Crippen LogP contribution in [0.5, 0.6) is 11.6 Å². The van der Waals surface area contributed by atoms with Gasteiger partial charge < -0.3 is 19.1 Å². The zero-order chi connectivity index (χ0) is 22.3. The lowest BCUT2D eigenvalue weighted by atomic mass is 10.1. The lowest BCUT2D eigenvalue weighted by Gasteiger charge is -2.11. The van der Waals surface area contributed by atoms with Gasteiger partial charge in [0.05, 0.1) is 6.61 Å². The van der Waals surface area contributed by atoms with E-state index in [1.165, 1.54) is 25.7 Å². The number of carboxylic acid groups (broad SMARTS) is 1. The highest BCUT2D eigenvalue weighted by atomic mass is 16.5. The standard InChI is InChI=1S/C24H27N3O5/c1-16-13-17(8-10-20(16)30-15-22(28)29)9-11-21-26-24(32-27-21)19-7-4-12-25-23(19)31-14-18-5-2-3-6-18/h4,7-8,10,12-13,18H,2-3,5-6,9,11,14-15H2,1H3,(H,28,29). The van der Waals surface area contributed by atoms with Crippen LogP contribution < -0.4 is 9.47 Å². The third-order valence-electron chi connectivity index (χ3n) is 5.63. The Morgan fingerprint density at radius 1 is 1.19 bits per heavy atom. The number of carboxylic acids is 1. The maximum absolute atomic E-state index is 10.7. The fourth-order valence-electron chi connectivity index (χ4n) is 3.93. The van der Waals surface area contributed by atoms with E-state index in [-0.39, 0.29) is 6.61 Å². The van der Waals surface area contributed by atoms with E-state index in [0.29, 0.717) is 47.9 Å². The number of ether oxygens (including phenoxy) is 2. The third kappa shape index (κ3) is 5.63. The molecule has 0 atom stereocenters. The summed E-state index contributed by atoms with van der Waals surface area (Å²) in [6, 6.07) is 9.40. The maximum atomic E-state index is 10.7. The Morgan fingerprint density at radius 2 is 2.03 bits per heavy atom. The molecule has 2 heterocycles. The predicted octanol–water partition coefficient (Wildman–Crippen LogP) is 4.26. The number of benzene rings is 1. The maximum Gasteiger partial charge on any atom is 0.341 e. The number of carbonyl (C=O) groups is 1. The smallest absolute Gasteiger partial charge is 0.341 e. The summed E-state index contributed by atoms with van der Waals surface area (Å²) in [5.74, 6) is 1.70. The average molecular weight is 437 g/mol. The van der Waals surface area contributed by atoms with Crippen molar-refractivity contribution >= 4 is 5.97 Å². The normalized spacial score (nSPS) is 13.9. The molecule has 0 amide bonds. The van der Waals surface area contributed by atoms with Gasteiger partial charge in [-0.1, -0.05) is 30.1 Å². The van der Waals surface area contributed by atoms with Crippen LogP contribution in [0.25, 0.3) is 11.5 Å². The summed E-state index contributed by atoms with van der Waals surface area (Å²) in [5, 5.41) is 12.9. The van der Waals surface area contributed by atoms with Crippen LogP contribution in [-0.2, 0) is 17.6 Å². The van der Waals surface area contributed by atoms with Crippen LogP contribution in [0.2, 0.25) is 0 Å². The number of nitrogens with zero attached hydrogens (tertiary/aromatic N) is 3. The summed E-state index contributed by atoms with van der Waals surface area (Å²) in [6.07, 6.45) is 7.99. The third-order valence-corrected chi connectivity index (χ3v) is 5.63. The predicted molar refractivity (Wildman–Crippen MR) is 117 cm³/mol. The van der Waals surface area contributed by atoms with Gasteiger partial charge in [0.15, 0.2) is 12.4 Å². The van der Waals surface area contributed by atoms with Crippen molar-refractivity contribution in [3.05, 3.63) is 53.5 Å². The van der Waals surface area contributed by atoms with Crippen molar-refractivity contribution in [2.75, 3.05) is 13.2 Å². The Kier molecular flexibility index (Phi) is 6.99. The molecule has 8 nitrogen and oxygen atoms in total. The van der Waals surface area contributed by atoms with Crippen LogP contribution >= 0.6 is 0 Å². The quantitative estimate of drug-likeness (QED) is 0.501. The topological polar surface area (TPSA) is 108 Å². The Morgan fingerprint density at radius 3 is 2.81 bits per heavy atom. The number of aliphatic carboxylic acids is 1. The molecule has 0 unspecified atom stereocenters.